The van der Waals surface area contributed by atoms with Gasteiger partial charge in [-0.3, -0.25) is 0 Å². The zero-order valence-corrected chi connectivity index (χ0v) is 13.6. The highest BCUT2D eigenvalue weighted by molar-refractivity contribution is 5.86. The van der Waals surface area contributed by atoms with Crippen LogP contribution in [0.3, 0.4) is 0 Å². The van der Waals surface area contributed by atoms with Crippen LogP contribution in [0, 0.1) is 12.1 Å². The second kappa shape index (κ2) is 6.05. The first kappa shape index (κ1) is 14.8. The van der Waals surface area contributed by atoms with Crippen LogP contribution in [-0.4, -0.2) is 36.1 Å². The van der Waals surface area contributed by atoms with Crippen LogP contribution < -0.4 is 14.9 Å². The molecule has 1 saturated heterocycles. The lowest BCUT2D eigenvalue weighted by atomic mass is 10.1. The Balaban J connectivity index is 1.71. The monoisotopic (exact) mass is 321 g/mol. The number of pyridine rings is 1. The summed E-state index contributed by atoms with van der Waals surface area (Å²) < 4.78 is 0.894. The van der Waals surface area contributed by atoms with Crippen molar-refractivity contribution in [3.63, 3.8) is 0 Å². The number of fused-ring (bicyclic) bond motifs is 1. The summed E-state index contributed by atoms with van der Waals surface area (Å²) in [6.45, 7) is 5.72. The van der Waals surface area contributed by atoms with Gasteiger partial charge in [0, 0.05) is 50.0 Å². The van der Waals surface area contributed by atoms with Crippen LogP contribution in [0.2, 0.25) is 0 Å². The van der Waals surface area contributed by atoms with Gasteiger partial charge in [-0.15, -0.1) is 0 Å². The molecule has 1 aromatic carbocycles. The van der Waals surface area contributed by atoms with Gasteiger partial charge in [0.25, 0.3) is 0 Å². The van der Waals surface area contributed by atoms with Crippen LogP contribution in [0.4, 0.5) is 5.95 Å². The SMILES string of the molecule is Cc1cccc2c[n+]([O-])c(-c3cnc(N4CCNCC4)nc3)cc12. The lowest BCUT2D eigenvalue weighted by Crippen LogP contribution is -2.44. The van der Waals surface area contributed by atoms with Gasteiger partial charge in [0.1, 0.15) is 0 Å². The van der Waals surface area contributed by atoms with E-state index in [1.165, 1.54) is 0 Å². The number of hydrogen-bond donors (Lipinski definition) is 1. The first-order chi connectivity index (χ1) is 11.7. The average Bonchev–Trinajstić information content (AvgIpc) is 2.62. The summed E-state index contributed by atoms with van der Waals surface area (Å²) >= 11 is 0. The van der Waals surface area contributed by atoms with Crippen LogP contribution in [-0.2, 0) is 0 Å². The fourth-order valence-corrected chi connectivity index (χ4v) is 3.10. The molecule has 0 atom stereocenters. The molecule has 3 aromatic rings. The zero-order chi connectivity index (χ0) is 16.5. The van der Waals surface area contributed by atoms with Gasteiger partial charge in [-0.2, -0.15) is 4.73 Å². The molecule has 0 amide bonds. The summed E-state index contributed by atoms with van der Waals surface area (Å²) in [4.78, 5) is 11.1. The van der Waals surface area contributed by atoms with Crippen molar-refractivity contribution in [2.45, 2.75) is 6.92 Å². The van der Waals surface area contributed by atoms with Crippen LogP contribution in [0.15, 0.2) is 42.9 Å². The molecule has 0 aliphatic carbocycles. The largest absolute Gasteiger partial charge is 0.618 e. The zero-order valence-electron chi connectivity index (χ0n) is 13.6. The smallest absolute Gasteiger partial charge is 0.227 e. The van der Waals surface area contributed by atoms with Gasteiger partial charge in [0.15, 0.2) is 6.20 Å². The number of aryl methyl sites for hydroxylation is 1. The summed E-state index contributed by atoms with van der Waals surface area (Å²) in [5, 5.41) is 17.7. The second-order valence-electron chi connectivity index (χ2n) is 6.07. The Labute approximate surface area is 140 Å². The van der Waals surface area contributed by atoms with E-state index in [1.807, 2.05) is 31.2 Å². The molecular formula is C18H19N5O. The number of hydrogen-bond acceptors (Lipinski definition) is 5. The summed E-state index contributed by atoms with van der Waals surface area (Å²) in [5.41, 5.74) is 2.45. The van der Waals surface area contributed by atoms with Crippen LogP contribution in [0.5, 0.6) is 0 Å². The third-order valence-electron chi connectivity index (χ3n) is 4.47. The van der Waals surface area contributed by atoms with Crippen LogP contribution in [0.25, 0.3) is 22.0 Å². The fraction of sp³-hybridized carbons (Fsp3) is 0.278. The van der Waals surface area contributed by atoms with E-state index in [4.69, 9.17) is 0 Å². The Morgan fingerprint density at radius 2 is 1.92 bits per heavy atom. The predicted octanol–water partition coefficient (Wildman–Crippen LogP) is 1.65. The molecule has 1 fully saturated rings. The van der Waals surface area contributed by atoms with Gasteiger partial charge in [0.05, 0.1) is 5.56 Å². The molecular weight excluding hydrogens is 302 g/mol. The maximum atomic E-state index is 12.4. The summed E-state index contributed by atoms with van der Waals surface area (Å²) in [6.07, 6.45) is 5.08. The Bertz CT molecular complexity index is 872. The number of benzene rings is 1. The maximum Gasteiger partial charge on any atom is 0.227 e. The molecule has 0 radical (unpaired) electrons. The molecule has 3 heterocycles. The van der Waals surface area contributed by atoms with E-state index in [2.05, 4.69) is 20.2 Å². The maximum absolute atomic E-state index is 12.4. The number of aromatic nitrogens is 3. The van der Waals surface area contributed by atoms with Gasteiger partial charge in [-0.1, -0.05) is 12.1 Å². The highest BCUT2D eigenvalue weighted by Crippen LogP contribution is 2.23. The quantitative estimate of drug-likeness (QED) is 0.574. The molecule has 6 heteroatoms. The lowest BCUT2D eigenvalue weighted by Gasteiger charge is -2.27. The summed E-state index contributed by atoms with van der Waals surface area (Å²) in [7, 11) is 0. The van der Waals surface area contributed by atoms with E-state index in [0.29, 0.717) is 5.69 Å². The van der Waals surface area contributed by atoms with E-state index in [9.17, 15) is 5.21 Å². The van der Waals surface area contributed by atoms with E-state index in [-0.39, 0.29) is 0 Å². The molecule has 0 unspecified atom stereocenters. The number of piperazine rings is 1. The first-order valence-corrected chi connectivity index (χ1v) is 8.13. The lowest BCUT2D eigenvalue weighted by molar-refractivity contribution is -0.592. The molecule has 1 aliphatic heterocycles. The van der Waals surface area contributed by atoms with Crippen LogP contribution in [0.1, 0.15) is 5.56 Å². The highest BCUT2D eigenvalue weighted by atomic mass is 16.5. The highest BCUT2D eigenvalue weighted by Gasteiger charge is 2.16. The minimum atomic E-state index is 0.573. The molecule has 0 saturated carbocycles. The van der Waals surface area contributed by atoms with Crippen molar-refractivity contribution < 1.29 is 4.73 Å². The molecule has 2 aromatic heterocycles. The number of nitrogens with one attached hydrogen (secondary N) is 1. The fourth-order valence-electron chi connectivity index (χ4n) is 3.10. The number of rotatable bonds is 2. The molecule has 6 nitrogen and oxygen atoms in total. The van der Waals surface area contributed by atoms with E-state index >= 15 is 0 Å². The Morgan fingerprint density at radius 3 is 2.67 bits per heavy atom. The standard InChI is InChI=1S/C18H19N5O/c1-13-3-2-4-14-12-23(24)17(9-16(13)14)15-10-20-18(21-11-15)22-7-5-19-6-8-22/h2-4,9-12,19H,5-8H2,1H3. The van der Waals surface area contributed by atoms with Crippen molar-refractivity contribution in [1.29, 1.82) is 0 Å². The molecule has 24 heavy (non-hydrogen) atoms. The minimum absolute atomic E-state index is 0.573. The third kappa shape index (κ3) is 2.65. The average molecular weight is 321 g/mol. The molecule has 4 rings (SSSR count). The van der Waals surface area contributed by atoms with Gasteiger partial charge in [-0.25, -0.2) is 9.97 Å². The van der Waals surface area contributed by atoms with Crippen LogP contribution >= 0.6 is 0 Å². The molecule has 1 N–H and O–H groups in total. The first-order valence-electron chi connectivity index (χ1n) is 8.13. The Morgan fingerprint density at radius 1 is 1.17 bits per heavy atom. The van der Waals surface area contributed by atoms with Crippen molar-refractivity contribution in [1.82, 2.24) is 15.3 Å². The Kier molecular flexibility index (Phi) is 3.74. The molecule has 1 aliphatic rings. The van der Waals surface area contributed by atoms with Gasteiger partial charge in [-0.05, 0) is 23.9 Å². The van der Waals surface area contributed by atoms with E-state index in [1.54, 1.807) is 18.6 Å². The van der Waals surface area contributed by atoms with Crippen molar-refractivity contribution >= 4 is 16.7 Å². The van der Waals surface area contributed by atoms with Crippen molar-refractivity contribution in [3.8, 4) is 11.3 Å². The molecule has 0 bridgehead atoms. The summed E-state index contributed by atoms with van der Waals surface area (Å²) in [5.74, 6) is 0.717. The van der Waals surface area contributed by atoms with Crippen molar-refractivity contribution in [2.24, 2.45) is 0 Å². The third-order valence-corrected chi connectivity index (χ3v) is 4.47. The normalized spacial score (nSPS) is 15.0. The number of anilines is 1. The minimum Gasteiger partial charge on any atom is -0.618 e. The molecule has 0 spiro atoms. The summed E-state index contributed by atoms with van der Waals surface area (Å²) in [6, 6.07) is 7.87. The second-order valence-corrected chi connectivity index (χ2v) is 6.07. The van der Waals surface area contributed by atoms with Crippen molar-refractivity contribution in [3.05, 3.63) is 53.6 Å². The molecule has 122 valence electrons. The topological polar surface area (TPSA) is 68.0 Å². The van der Waals surface area contributed by atoms with Gasteiger partial charge >= 0.3 is 0 Å². The number of nitrogens with zero attached hydrogens (tertiary/aromatic N) is 4. The van der Waals surface area contributed by atoms with Crippen molar-refractivity contribution in [2.75, 3.05) is 31.1 Å². The van der Waals surface area contributed by atoms with Gasteiger partial charge < -0.3 is 15.4 Å². The van der Waals surface area contributed by atoms with E-state index < -0.39 is 0 Å². The van der Waals surface area contributed by atoms with Gasteiger partial charge in [0.2, 0.25) is 11.6 Å². The Hall–Kier alpha value is -2.73. The predicted molar refractivity (Wildman–Crippen MR) is 93.8 cm³/mol. The van der Waals surface area contributed by atoms with E-state index in [0.717, 1.165) is 58.8 Å².